The predicted molar refractivity (Wildman–Crippen MR) is 54.9 cm³/mol. The summed E-state index contributed by atoms with van der Waals surface area (Å²) in [5, 5.41) is 4.75. The van der Waals surface area contributed by atoms with Gasteiger partial charge in [0, 0.05) is 18.2 Å². The van der Waals surface area contributed by atoms with E-state index in [0.29, 0.717) is 5.92 Å². The number of hydrogen-bond donors (Lipinski definition) is 1. The van der Waals surface area contributed by atoms with Crippen molar-refractivity contribution in [1.82, 2.24) is 5.32 Å². The zero-order chi connectivity index (χ0) is 8.60. The van der Waals surface area contributed by atoms with Crippen molar-refractivity contribution in [3.8, 4) is 0 Å². The zero-order valence-electron chi connectivity index (χ0n) is 7.76. The van der Waals surface area contributed by atoms with Gasteiger partial charge < -0.3 is 5.32 Å². The van der Waals surface area contributed by atoms with E-state index < -0.39 is 0 Å². The Morgan fingerprint density at radius 2 is 2.42 bits per heavy atom. The van der Waals surface area contributed by atoms with E-state index in [0.717, 1.165) is 13.1 Å². The Labute approximate surface area is 78.2 Å². The highest BCUT2D eigenvalue weighted by atomic mass is 32.2. The Balaban J connectivity index is 2.12. The average Bonchev–Trinajstić information content (AvgIpc) is 2.62. The first-order chi connectivity index (χ1) is 5.72. The lowest BCUT2D eigenvalue weighted by Gasteiger charge is -2.15. The number of aliphatic imine (C=N–C) groups is 1. The number of hydrogen-bond acceptors (Lipinski definition) is 3. The minimum absolute atomic E-state index is 0.282. The van der Waals surface area contributed by atoms with Crippen molar-refractivity contribution in [3.63, 3.8) is 0 Å². The summed E-state index contributed by atoms with van der Waals surface area (Å²) in [5.41, 5.74) is 0.282. The van der Waals surface area contributed by atoms with E-state index in [9.17, 15) is 0 Å². The average molecular weight is 184 g/mol. The molecule has 1 spiro atoms. The highest BCUT2D eigenvalue weighted by Gasteiger charge is 2.38. The second kappa shape index (κ2) is 3.04. The number of nitrogens with one attached hydrogen (secondary N) is 1. The second-order valence-corrected chi connectivity index (χ2v) is 5.04. The van der Waals surface area contributed by atoms with Gasteiger partial charge in [0.2, 0.25) is 0 Å². The van der Waals surface area contributed by atoms with Gasteiger partial charge in [0.05, 0.1) is 10.6 Å². The second-order valence-electron chi connectivity index (χ2n) is 4.04. The molecule has 0 bridgehead atoms. The molecule has 2 nitrogen and oxygen atoms in total. The molecule has 0 amide bonds. The molecule has 1 atom stereocenters. The monoisotopic (exact) mass is 184 g/mol. The van der Waals surface area contributed by atoms with Crippen LogP contribution < -0.4 is 5.32 Å². The van der Waals surface area contributed by atoms with Crippen LogP contribution in [-0.2, 0) is 0 Å². The summed E-state index contributed by atoms with van der Waals surface area (Å²) in [7, 11) is 0. The Morgan fingerprint density at radius 3 is 2.92 bits per heavy atom. The molecule has 0 radical (unpaired) electrons. The predicted octanol–water partition coefficient (Wildman–Crippen LogP) is 1.52. The van der Waals surface area contributed by atoms with Crippen LogP contribution >= 0.6 is 11.8 Å². The van der Waals surface area contributed by atoms with Crippen LogP contribution in [0.5, 0.6) is 0 Å². The normalized spacial score (nSPS) is 35.1. The molecule has 2 aliphatic rings. The fourth-order valence-electron chi connectivity index (χ4n) is 1.75. The van der Waals surface area contributed by atoms with Crippen LogP contribution in [0.1, 0.15) is 20.3 Å². The third-order valence-electron chi connectivity index (χ3n) is 2.55. The lowest BCUT2D eigenvalue weighted by atomic mass is 10.0. The van der Waals surface area contributed by atoms with E-state index in [1.165, 1.54) is 17.2 Å². The Hall–Kier alpha value is -0.0200. The van der Waals surface area contributed by atoms with Crippen molar-refractivity contribution in [2.24, 2.45) is 10.9 Å². The fraction of sp³-hybridized carbons (Fsp3) is 0.889. The summed E-state index contributed by atoms with van der Waals surface area (Å²) in [4.78, 5) is 4.84. The molecule has 0 aromatic carbocycles. The molecule has 2 aliphatic heterocycles. The van der Waals surface area contributed by atoms with Gasteiger partial charge in [-0.15, -0.1) is 11.8 Å². The van der Waals surface area contributed by atoms with Crippen LogP contribution in [0.2, 0.25) is 0 Å². The Bertz CT molecular complexity index is 205. The van der Waals surface area contributed by atoms with Crippen LogP contribution in [0.3, 0.4) is 0 Å². The summed E-state index contributed by atoms with van der Waals surface area (Å²) in [6.45, 7) is 6.70. The third-order valence-corrected chi connectivity index (χ3v) is 4.09. The molecular formula is C9H16N2S. The molecule has 0 aromatic rings. The van der Waals surface area contributed by atoms with E-state index in [4.69, 9.17) is 4.99 Å². The van der Waals surface area contributed by atoms with Gasteiger partial charge >= 0.3 is 0 Å². The van der Waals surface area contributed by atoms with Crippen molar-refractivity contribution < 1.29 is 0 Å². The van der Waals surface area contributed by atoms with E-state index in [1.807, 2.05) is 11.8 Å². The highest BCUT2D eigenvalue weighted by molar-refractivity contribution is 8.14. The van der Waals surface area contributed by atoms with Crippen LogP contribution in [0.15, 0.2) is 4.99 Å². The molecule has 1 fully saturated rings. The molecule has 2 heterocycles. The van der Waals surface area contributed by atoms with Crippen LogP contribution in [0.25, 0.3) is 0 Å². The summed E-state index contributed by atoms with van der Waals surface area (Å²) >= 11 is 1.96. The van der Waals surface area contributed by atoms with Gasteiger partial charge in [-0.05, 0) is 13.0 Å². The van der Waals surface area contributed by atoms with Crippen LogP contribution in [0, 0.1) is 5.92 Å². The zero-order valence-corrected chi connectivity index (χ0v) is 8.58. The topological polar surface area (TPSA) is 24.4 Å². The molecular weight excluding hydrogens is 168 g/mol. The van der Waals surface area contributed by atoms with Gasteiger partial charge in [-0.1, -0.05) is 13.8 Å². The molecule has 2 rings (SSSR count). The van der Waals surface area contributed by atoms with Gasteiger partial charge in [-0.2, -0.15) is 0 Å². The molecule has 12 heavy (non-hydrogen) atoms. The smallest absolute Gasteiger partial charge is 0.0847 e. The number of thioether (sulfide) groups is 1. The molecule has 3 heteroatoms. The minimum Gasteiger partial charge on any atom is -0.314 e. The van der Waals surface area contributed by atoms with E-state index in [-0.39, 0.29) is 5.54 Å². The summed E-state index contributed by atoms with van der Waals surface area (Å²) < 4.78 is 0. The molecule has 1 saturated heterocycles. The lowest BCUT2D eigenvalue weighted by Crippen LogP contribution is -2.29. The Kier molecular flexibility index (Phi) is 2.17. The fourth-order valence-corrected chi connectivity index (χ4v) is 3.07. The van der Waals surface area contributed by atoms with Gasteiger partial charge in [0.15, 0.2) is 0 Å². The number of rotatable bonds is 1. The van der Waals surface area contributed by atoms with Gasteiger partial charge in [-0.3, -0.25) is 4.99 Å². The Morgan fingerprint density at radius 1 is 1.58 bits per heavy atom. The summed E-state index contributed by atoms with van der Waals surface area (Å²) in [5.74, 6) is 1.82. The molecule has 0 aromatic heterocycles. The third kappa shape index (κ3) is 1.40. The minimum atomic E-state index is 0.282. The first-order valence-electron chi connectivity index (χ1n) is 4.65. The van der Waals surface area contributed by atoms with Crippen LogP contribution in [0.4, 0.5) is 0 Å². The summed E-state index contributed by atoms with van der Waals surface area (Å²) in [6.07, 6.45) is 1.23. The lowest BCUT2D eigenvalue weighted by molar-refractivity contribution is 0.538. The van der Waals surface area contributed by atoms with Crippen molar-refractivity contribution in [1.29, 1.82) is 0 Å². The molecule has 1 N–H and O–H groups in total. The molecule has 0 saturated carbocycles. The molecule has 1 unspecified atom stereocenters. The van der Waals surface area contributed by atoms with Crippen LogP contribution in [-0.4, -0.2) is 29.4 Å². The SMILES string of the molecule is CC(C)C1=NC2(CCNC2)CS1. The maximum Gasteiger partial charge on any atom is 0.0847 e. The van der Waals surface area contributed by atoms with Crippen molar-refractivity contribution in [3.05, 3.63) is 0 Å². The largest absolute Gasteiger partial charge is 0.314 e. The first kappa shape index (κ1) is 8.57. The van der Waals surface area contributed by atoms with Gasteiger partial charge in [0.1, 0.15) is 0 Å². The maximum atomic E-state index is 4.84. The van der Waals surface area contributed by atoms with Crippen molar-refractivity contribution in [2.75, 3.05) is 18.8 Å². The van der Waals surface area contributed by atoms with E-state index in [2.05, 4.69) is 19.2 Å². The van der Waals surface area contributed by atoms with E-state index >= 15 is 0 Å². The van der Waals surface area contributed by atoms with Gasteiger partial charge in [0.25, 0.3) is 0 Å². The van der Waals surface area contributed by atoms with Crippen molar-refractivity contribution >= 4 is 16.8 Å². The maximum absolute atomic E-state index is 4.84. The standard InChI is InChI=1S/C9H16N2S/c1-7(2)8-11-9(6-12-8)3-4-10-5-9/h7,10H,3-6H2,1-2H3. The number of nitrogens with zero attached hydrogens (tertiary/aromatic N) is 1. The summed E-state index contributed by atoms with van der Waals surface area (Å²) in [6, 6.07) is 0. The molecule has 0 aliphatic carbocycles. The quantitative estimate of drug-likeness (QED) is 0.668. The van der Waals surface area contributed by atoms with Gasteiger partial charge in [-0.25, -0.2) is 0 Å². The van der Waals surface area contributed by atoms with E-state index in [1.54, 1.807) is 0 Å². The molecule has 68 valence electrons. The highest BCUT2D eigenvalue weighted by Crippen LogP contribution is 2.34. The van der Waals surface area contributed by atoms with Crippen molar-refractivity contribution in [2.45, 2.75) is 25.8 Å². The first-order valence-corrected chi connectivity index (χ1v) is 5.64.